The first-order chi connectivity index (χ1) is 6.56. The average Bonchev–Trinajstić information content (AvgIpc) is 2.01. The Labute approximate surface area is 85.8 Å². The number of rotatable bonds is 3. The summed E-state index contributed by atoms with van der Waals surface area (Å²) < 4.78 is 10.9. The van der Waals surface area contributed by atoms with Gasteiger partial charge in [-0.1, -0.05) is 13.3 Å². The first-order valence-corrected chi connectivity index (χ1v) is 5.37. The molecule has 1 rings (SSSR count). The summed E-state index contributed by atoms with van der Waals surface area (Å²) in [4.78, 5) is 10.9. The highest BCUT2D eigenvalue weighted by Crippen LogP contribution is 2.30. The largest absolute Gasteiger partial charge is 0.459 e. The van der Waals surface area contributed by atoms with Gasteiger partial charge >= 0.3 is 5.97 Å². The van der Waals surface area contributed by atoms with Crippen molar-refractivity contribution in [3.8, 4) is 0 Å². The maximum absolute atomic E-state index is 10.9. The van der Waals surface area contributed by atoms with Crippen molar-refractivity contribution in [3.63, 3.8) is 0 Å². The van der Waals surface area contributed by atoms with Crippen LogP contribution in [0.4, 0.5) is 0 Å². The third-order valence-electron chi connectivity index (χ3n) is 2.64. The Kier molecular flexibility index (Phi) is 3.93. The van der Waals surface area contributed by atoms with Gasteiger partial charge in [0, 0.05) is 19.8 Å². The molecule has 82 valence electrons. The van der Waals surface area contributed by atoms with E-state index in [-0.39, 0.29) is 17.7 Å². The molecule has 0 saturated carbocycles. The maximum Gasteiger partial charge on any atom is 0.303 e. The standard InChI is InChI=1S/C11H20O3/c1-4-5-10-8-11(3,6-7-13-10)14-9(2)12/h10H,4-8H2,1-3H3/t10-,11-/m1/s1. The van der Waals surface area contributed by atoms with Gasteiger partial charge in [0.05, 0.1) is 12.7 Å². The lowest BCUT2D eigenvalue weighted by molar-refractivity contribution is -0.170. The van der Waals surface area contributed by atoms with Gasteiger partial charge in [-0.2, -0.15) is 0 Å². The van der Waals surface area contributed by atoms with E-state index in [1.165, 1.54) is 6.92 Å². The third kappa shape index (κ3) is 3.29. The molecule has 0 N–H and O–H groups in total. The Hall–Kier alpha value is -0.570. The lowest BCUT2D eigenvalue weighted by atomic mass is 9.90. The summed E-state index contributed by atoms with van der Waals surface area (Å²) in [6.45, 7) is 6.31. The molecule has 0 aliphatic carbocycles. The lowest BCUT2D eigenvalue weighted by Gasteiger charge is -2.37. The Bertz CT molecular complexity index is 201. The van der Waals surface area contributed by atoms with Gasteiger partial charge < -0.3 is 9.47 Å². The van der Waals surface area contributed by atoms with Crippen molar-refractivity contribution < 1.29 is 14.3 Å². The molecular formula is C11H20O3. The summed E-state index contributed by atoms with van der Waals surface area (Å²) in [6.07, 6.45) is 4.07. The molecule has 3 heteroatoms. The van der Waals surface area contributed by atoms with Crippen LogP contribution in [0, 0.1) is 0 Å². The van der Waals surface area contributed by atoms with Crippen LogP contribution >= 0.6 is 0 Å². The van der Waals surface area contributed by atoms with Crippen molar-refractivity contribution in [2.45, 2.75) is 58.2 Å². The van der Waals surface area contributed by atoms with Crippen molar-refractivity contribution in [1.82, 2.24) is 0 Å². The molecule has 0 aromatic rings. The summed E-state index contributed by atoms with van der Waals surface area (Å²) >= 11 is 0. The first kappa shape index (κ1) is 11.5. The van der Waals surface area contributed by atoms with Crippen molar-refractivity contribution in [3.05, 3.63) is 0 Å². The summed E-state index contributed by atoms with van der Waals surface area (Å²) in [6, 6.07) is 0. The second-order valence-electron chi connectivity index (χ2n) is 4.28. The summed E-state index contributed by atoms with van der Waals surface area (Å²) in [5.41, 5.74) is -0.302. The number of carbonyl (C=O) groups excluding carboxylic acids is 1. The molecule has 2 atom stereocenters. The van der Waals surface area contributed by atoms with E-state index in [1.807, 2.05) is 6.92 Å². The molecule has 0 bridgehead atoms. The Morgan fingerprint density at radius 1 is 1.64 bits per heavy atom. The minimum Gasteiger partial charge on any atom is -0.459 e. The van der Waals surface area contributed by atoms with Gasteiger partial charge in [-0.15, -0.1) is 0 Å². The Morgan fingerprint density at radius 2 is 2.36 bits per heavy atom. The van der Waals surface area contributed by atoms with Crippen LogP contribution in [-0.4, -0.2) is 24.3 Å². The fourth-order valence-electron chi connectivity index (χ4n) is 2.03. The van der Waals surface area contributed by atoms with Crippen LogP contribution < -0.4 is 0 Å². The number of esters is 1. The van der Waals surface area contributed by atoms with E-state index in [2.05, 4.69) is 6.92 Å². The summed E-state index contributed by atoms with van der Waals surface area (Å²) in [7, 11) is 0. The zero-order valence-electron chi connectivity index (χ0n) is 9.34. The van der Waals surface area contributed by atoms with Crippen LogP contribution in [0.3, 0.4) is 0 Å². The zero-order chi connectivity index (χ0) is 10.6. The fourth-order valence-corrected chi connectivity index (χ4v) is 2.03. The highest BCUT2D eigenvalue weighted by Gasteiger charge is 2.35. The minimum absolute atomic E-state index is 0.190. The van der Waals surface area contributed by atoms with Crippen molar-refractivity contribution >= 4 is 5.97 Å². The fraction of sp³-hybridized carbons (Fsp3) is 0.909. The molecule has 0 unspecified atom stereocenters. The van der Waals surface area contributed by atoms with E-state index in [0.29, 0.717) is 6.61 Å². The van der Waals surface area contributed by atoms with Gasteiger partial charge in [-0.05, 0) is 13.3 Å². The normalized spacial score (nSPS) is 32.6. The van der Waals surface area contributed by atoms with Gasteiger partial charge in [0.2, 0.25) is 0 Å². The molecule has 1 aliphatic heterocycles. The molecule has 1 saturated heterocycles. The Balaban J connectivity index is 2.48. The molecule has 0 amide bonds. The molecule has 0 radical (unpaired) electrons. The molecular weight excluding hydrogens is 180 g/mol. The zero-order valence-corrected chi connectivity index (χ0v) is 9.34. The quantitative estimate of drug-likeness (QED) is 0.656. The molecule has 3 nitrogen and oxygen atoms in total. The summed E-state index contributed by atoms with van der Waals surface area (Å²) in [5, 5.41) is 0. The van der Waals surface area contributed by atoms with Crippen LogP contribution in [0.25, 0.3) is 0 Å². The number of hydrogen-bond donors (Lipinski definition) is 0. The second kappa shape index (κ2) is 4.78. The smallest absolute Gasteiger partial charge is 0.303 e. The van der Waals surface area contributed by atoms with Crippen LogP contribution in [-0.2, 0) is 14.3 Å². The van der Waals surface area contributed by atoms with Crippen LogP contribution in [0.2, 0.25) is 0 Å². The highest BCUT2D eigenvalue weighted by molar-refractivity contribution is 5.66. The molecule has 14 heavy (non-hydrogen) atoms. The third-order valence-corrected chi connectivity index (χ3v) is 2.64. The predicted molar refractivity (Wildman–Crippen MR) is 54.1 cm³/mol. The average molecular weight is 200 g/mol. The van der Waals surface area contributed by atoms with Crippen LogP contribution in [0.15, 0.2) is 0 Å². The van der Waals surface area contributed by atoms with Crippen LogP contribution in [0.1, 0.15) is 46.5 Å². The molecule has 1 heterocycles. The van der Waals surface area contributed by atoms with Gasteiger partial charge in [0.1, 0.15) is 5.60 Å². The Morgan fingerprint density at radius 3 is 2.93 bits per heavy atom. The van der Waals surface area contributed by atoms with Crippen molar-refractivity contribution in [1.29, 1.82) is 0 Å². The maximum atomic E-state index is 10.9. The van der Waals surface area contributed by atoms with Gasteiger partial charge in [0.25, 0.3) is 0 Å². The van der Waals surface area contributed by atoms with E-state index in [0.717, 1.165) is 25.7 Å². The van der Waals surface area contributed by atoms with E-state index in [9.17, 15) is 4.79 Å². The first-order valence-electron chi connectivity index (χ1n) is 5.37. The highest BCUT2D eigenvalue weighted by atomic mass is 16.6. The monoisotopic (exact) mass is 200 g/mol. The van der Waals surface area contributed by atoms with E-state index >= 15 is 0 Å². The van der Waals surface area contributed by atoms with E-state index in [4.69, 9.17) is 9.47 Å². The molecule has 1 fully saturated rings. The summed E-state index contributed by atoms with van der Waals surface area (Å²) in [5.74, 6) is -0.190. The topological polar surface area (TPSA) is 35.5 Å². The molecule has 0 aromatic heterocycles. The van der Waals surface area contributed by atoms with Crippen LogP contribution in [0.5, 0.6) is 0 Å². The van der Waals surface area contributed by atoms with Gasteiger partial charge in [-0.25, -0.2) is 0 Å². The number of carbonyl (C=O) groups is 1. The van der Waals surface area contributed by atoms with E-state index in [1.54, 1.807) is 0 Å². The molecule has 1 aliphatic rings. The minimum atomic E-state index is -0.302. The lowest BCUT2D eigenvalue weighted by Crippen LogP contribution is -2.41. The number of hydrogen-bond acceptors (Lipinski definition) is 3. The number of ether oxygens (including phenoxy) is 2. The van der Waals surface area contributed by atoms with Crippen molar-refractivity contribution in [2.24, 2.45) is 0 Å². The predicted octanol–water partition coefficient (Wildman–Crippen LogP) is 2.29. The molecule has 0 aromatic carbocycles. The van der Waals surface area contributed by atoms with E-state index < -0.39 is 0 Å². The van der Waals surface area contributed by atoms with Gasteiger partial charge in [-0.3, -0.25) is 4.79 Å². The SMILES string of the molecule is CCC[C@@H]1C[C@](C)(OC(C)=O)CCO1. The second-order valence-corrected chi connectivity index (χ2v) is 4.28. The van der Waals surface area contributed by atoms with Crippen molar-refractivity contribution in [2.75, 3.05) is 6.61 Å². The van der Waals surface area contributed by atoms with Gasteiger partial charge in [0.15, 0.2) is 0 Å². The molecule has 0 spiro atoms.